The zero-order valence-electron chi connectivity index (χ0n) is 16.9. The van der Waals surface area contributed by atoms with E-state index in [2.05, 4.69) is 37.2 Å². The van der Waals surface area contributed by atoms with Gasteiger partial charge < -0.3 is 5.32 Å². The number of amides is 1. The second-order valence-electron chi connectivity index (χ2n) is 6.92. The number of carbonyl (C=O) groups is 1. The van der Waals surface area contributed by atoms with Gasteiger partial charge in [-0.05, 0) is 85.1 Å². The van der Waals surface area contributed by atoms with Gasteiger partial charge in [0.1, 0.15) is 0 Å². The van der Waals surface area contributed by atoms with Crippen LogP contribution in [-0.4, -0.2) is 20.9 Å². The molecule has 0 unspecified atom stereocenters. The number of sulfonamides is 1. The molecule has 3 aromatic carbocycles. The number of fused-ring (bicyclic) bond motifs is 1. The molecule has 1 amide bonds. The summed E-state index contributed by atoms with van der Waals surface area (Å²) < 4.78 is 30.4. The normalized spacial score (nSPS) is 11.5. The molecule has 0 aliphatic rings. The van der Waals surface area contributed by atoms with Gasteiger partial charge in [0.05, 0.1) is 15.5 Å². The van der Waals surface area contributed by atoms with Crippen LogP contribution in [-0.2, 0) is 10.0 Å². The van der Waals surface area contributed by atoms with Gasteiger partial charge in [-0.1, -0.05) is 31.9 Å². The van der Waals surface area contributed by atoms with Crippen molar-refractivity contribution in [3.05, 3.63) is 86.6 Å². The van der Waals surface area contributed by atoms with Crippen LogP contribution < -0.4 is 9.62 Å². The summed E-state index contributed by atoms with van der Waals surface area (Å²) in [4.78, 5) is 13.5. The standard InChI is InChI=1S/C23H18Br2N2O3S2/c1-2-27(32(29,30)20-10-5-17(25)6-11-20)19-9-12-21-15(13-19)14-22(31-21)23(28)26-18-7-3-16(24)4-8-18/h3-14H,2H2,1H3,(H,26,28). The average molecular weight is 594 g/mol. The van der Waals surface area contributed by atoms with Crippen molar-refractivity contribution in [2.75, 3.05) is 16.2 Å². The van der Waals surface area contributed by atoms with Crippen molar-refractivity contribution in [3.8, 4) is 0 Å². The second kappa shape index (κ2) is 9.35. The van der Waals surface area contributed by atoms with Gasteiger partial charge in [0.2, 0.25) is 0 Å². The van der Waals surface area contributed by atoms with Crippen LogP contribution in [0.3, 0.4) is 0 Å². The Morgan fingerprint density at radius 3 is 2.19 bits per heavy atom. The molecule has 0 aliphatic carbocycles. The van der Waals surface area contributed by atoms with E-state index in [1.165, 1.54) is 15.6 Å². The molecule has 0 saturated carbocycles. The smallest absolute Gasteiger partial charge is 0.265 e. The molecule has 0 fully saturated rings. The van der Waals surface area contributed by atoms with Crippen molar-refractivity contribution in [1.82, 2.24) is 0 Å². The molecule has 4 rings (SSSR count). The number of rotatable bonds is 6. The number of thiophene rings is 1. The van der Waals surface area contributed by atoms with E-state index in [0.717, 1.165) is 19.0 Å². The molecule has 0 aliphatic heterocycles. The van der Waals surface area contributed by atoms with Crippen molar-refractivity contribution >= 4 is 80.6 Å². The second-order valence-corrected chi connectivity index (χ2v) is 11.7. The number of hydrogen-bond donors (Lipinski definition) is 1. The van der Waals surface area contributed by atoms with E-state index in [-0.39, 0.29) is 17.3 Å². The molecule has 0 radical (unpaired) electrons. The molecule has 0 bridgehead atoms. The van der Waals surface area contributed by atoms with E-state index in [1.807, 2.05) is 36.4 Å². The van der Waals surface area contributed by atoms with Crippen molar-refractivity contribution < 1.29 is 13.2 Å². The third-order valence-electron chi connectivity index (χ3n) is 4.80. The molecule has 0 spiro atoms. The lowest BCUT2D eigenvalue weighted by Crippen LogP contribution is -2.30. The summed E-state index contributed by atoms with van der Waals surface area (Å²) in [6, 6.07) is 21.2. The third kappa shape index (κ3) is 4.76. The lowest BCUT2D eigenvalue weighted by molar-refractivity contribution is 0.103. The highest BCUT2D eigenvalue weighted by molar-refractivity contribution is 9.10. The molecule has 0 saturated heterocycles. The van der Waals surface area contributed by atoms with Crippen LogP contribution in [0.2, 0.25) is 0 Å². The molecule has 1 heterocycles. The van der Waals surface area contributed by atoms with Crippen LogP contribution in [0.5, 0.6) is 0 Å². The van der Waals surface area contributed by atoms with Gasteiger partial charge in [-0.2, -0.15) is 0 Å². The first-order valence-electron chi connectivity index (χ1n) is 9.67. The lowest BCUT2D eigenvalue weighted by atomic mass is 10.2. The Hall–Kier alpha value is -2.20. The van der Waals surface area contributed by atoms with Gasteiger partial charge >= 0.3 is 0 Å². The quantitative estimate of drug-likeness (QED) is 0.265. The van der Waals surface area contributed by atoms with E-state index in [9.17, 15) is 13.2 Å². The first-order valence-corrected chi connectivity index (χ1v) is 13.5. The van der Waals surface area contributed by atoms with Crippen LogP contribution in [0, 0.1) is 0 Å². The maximum atomic E-state index is 13.2. The minimum absolute atomic E-state index is 0.204. The van der Waals surface area contributed by atoms with E-state index >= 15 is 0 Å². The Labute approximate surface area is 207 Å². The number of benzene rings is 3. The van der Waals surface area contributed by atoms with Crippen molar-refractivity contribution in [1.29, 1.82) is 0 Å². The number of halogens is 2. The van der Waals surface area contributed by atoms with E-state index in [4.69, 9.17) is 0 Å². The number of nitrogens with one attached hydrogen (secondary N) is 1. The minimum Gasteiger partial charge on any atom is -0.321 e. The van der Waals surface area contributed by atoms with Gasteiger partial charge in [0, 0.05) is 25.9 Å². The summed E-state index contributed by atoms with van der Waals surface area (Å²) in [6.07, 6.45) is 0. The van der Waals surface area contributed by atoms with Crippen LogP contribution >= 0.6 is 43.2 Å². The number of nitrogens with zero attached hydrogens (tertiary/aromatic N) is 1. The largest absolute Gasteiger partial charge is 0.321 e. The van der Waals surface area contributed by atoms with Crippen LogP contribution in [0.25, 0.3) is 10.1 Å². The van der Waals surface area contributed by atoms with Gasteiger partial charge in [-0.3, -0.25) is 9.10 Å². The summed E-state index contributed by atoms with van der Waals surface area (Å²) in [5, 5.41) is 3.70. The highest BCUT2D eigenvalue weighted by atomic mass is 79.9. The molecule has 1 aromatic heterocycles. The van der Waals surface area contributed by atoms with Gasteiger partial charge in [-0.25, -0.2) is 8.42 Å². The molecular formula is C23H18Br2N2O3S2. The van der Waals surface area contributed by atoms with Crippen molar-refractivity contribution in [2.45, 2.75) is 11.8 Å². The maximum Gasteiger partial charge on any atom is 0.265 e. The number of hydrogen-bond acceptors (Lipinski definition) is 4. The molecule has 5 nitrogen and oxygen atoms in total. The number of anilines is 2. The topological polar surface area (TPSA) is 66.5 Å². The first-order chi connectivity index (χ1) is 15.3. The Balaban J connectivity index is 1.63. The van der Waals surface area contributed by atoms with Gasteiger partial charge in [-0.15, -0.1) is 11.3 Å². The molecule has 4 aromatic rings. The van der Waals surface area contributed by atoms with Crippen molar-refractivity contribution in [2.24, 2.45) is 0 Å². The van der Waals surface area contributed by atoms with E-state index in [0.29, 0.717) is 16.3 Å². The van der Waals surface area contributed by atoms with Crippen LogP contribution in [0.15, 0.2) is 86.6 Å². The molecule has 1 N–H and O–H groups in total. The Morgan fingerprint density at radius 1 is 0.938 bits per heavy atom. The monoisotopic (exact) mass is 592 g/mol. The van der Waals surface area contributed by atoms with Crippen molar-refractivity contribution in [3.63, 3.8) is 0 Å². The van der Waals surface area contributed by atoms with Gasteiger partial charge in [0.25, 0.3) is 15.9 Å². The zero-order valence-corrected chi connectivity index (χ0v) is 21.7. The third-order valence-corrected chi connectivity index (χ3v) is 8.89. The van der Waals surface area contributed by atoms with E-state index < -0.39 is 10.0 Å². The summed E-state index contributed by atoms with van der Waals surface area (Å²) in [5.74, 6) is -0.204. The summed E-state index contributed by atoms with van der Waals surface area (Å²) >= 11 is 8.08. The Bertz CT molecular complexity index is 1380. The number of carbonyl (C=O) groups excluding carboxylic acids is 1. The molecule has 0 atom stereocenters. The predicted molar refractivity (Wildman–Crippen MR) is 138 cm³/mol. The zero-order chi connectivity index (χ0) is 22.9. The highest BCUT2D eigenvalue weighted by Gasteiger charge is 2.24. The fourth-order valence-electron chi connectivity index (χ4n) is 3.25. The maximum absolute atomic E-state index is 13.2. The van der Waals surface area contributed by atoms with Crippen LogP contribution in [0.1, 0.15) is 16.6 Å². The predicted octanol–water partition coefficient (Wildman–Crippen LogP) is 6.89. The van der Waals surface area contributed by atoms with Gasteiger partial charge in [0.15, 0.2) is 0 Å². The Morgan fingerprint density at radius 2 is 1.56 bits per heavy atom. The minimum atomic E-state index is -3.71. The molecule has 9 heteroatoms. The fourth-order valence-corrected chi connectivity index (χ4v) is 6.18. The Kier molecular flexibility index (Phi) is 6.71. The molecule has 164 valence electrons. The van der Waals surface area contributed by atoms with Crippen LogP contribution in [0.4, 0.5) is 11.4 Å². The first kappa shape index (κ1) is 23.0. The molecular weight excluding hydrogens is 576 g/mol. The summed E-state index contributed by atoms with van der Waals surface area (Å²) in [5.41, 5.74) is 1.26. The fraction of sp³-hybridized carbons (Fsp3) is 0.0870. The highest BCUT2D eigenvalue weighted by Crippen LogP contribution is 2.32. The lowest BCUT2D eigenvalue weighted by Gasteiger charge is -2.23. The summed E-state index contributed by atoms with van der Waals surface area (Å²) in [7, 11) is -3.71. The summed E-state index contributed by atoms with van der Waals surface area (Å²) in [6.45, 7) is 2.08. The average Bonchev–Trinajstić information content (AvgIpc) is 3.20. The SMILES string of the molecule is CCN(c1ccc2sc(C(=O)Nc3ccc(Br)cc3)cc2c1)S(=O)(=O)c1ccc(Br)cc1. The molecule has 32 heavy (non-hydrogen) atoms. The van der Waals surface area contributed by atoms with E-state index in [1.54, 1.807) is 43.3 Å².